The van der Waals surface area contributed by atoms with E-state index in [2.05, 4.69) is 20.1 Å². The number of methoxy groups -OCH3 is 1. The van der Waals surface area contributed by atoms with Crippen LogP contribution < -0.4 is 0 Å². The highest BCUT2D eigenvalue weighted by molar-refractivity contribution is 7.18. The normalized spacial score (nSPS) is 10.9. The quantitative estimate of drug-likeness (QED) is 0.780. The van der Waals surface area contributed by atoms with Crippen molar-refractivity contribution in [2.75, 3.05) is 7.11 Å². The maximum Gasteiger partial charge on any atom is 0.268 e. The average molecular weight is 262 g/mol. The molecule has 0 fully saturated rings. The van der Waals surface area contributed by atoms with Gasteiger partial charge < -0.3 is 14.2 Å². The van der Waals surface area contributed by atoms with Crippen molar-refractivity contribution >= 4 is 11.3 Å². The van der Waals surface area contributed by atoms with Crippen LogP contribution in [0.1, 0.15) is 5.82 Å². The maximum atomic E-state index is 5.17. The molecule has 0 radical (unpaired) electrons. The summed E-state index contributed by atoms with van der Waals surface area (Å²) in [6.45, 7) is 0.347. The number of ether oxygens (including phenoxy) is 1. The Morgan fingerprint density at radius 1 is 1.39 bits per heavy atom. The van der Waals surface area contributed by atoms with Gasteiger partial charge in [-0.25, -0.2) is 4.98 Å². The van der Waals surface area contributed by atoms with E-state index in [1.54, 1.807) is 30.8 Å². The minimum absolute atomic E-state index is 0.347. The van der Waals surface area contributed by atoms with E-state index in [1.165, 1.54) is 0 Å². The number of aromatic amines is 1. The molecule has 0 amide bonds. The van der Waals surface area contributed by atoms with Crippen LogP contribution in [0, 0.1) is 0 Å². The smallest absolute Gasteiger partial charge is 0.268 e. The summed E-state index contributed by atoms with van der Waals surface area (Å²) in [5.74, 6) is 1.88. The number of nitrogens with zero attached hydrogens (tertiary/aromatic N) is 3. The van der Waals surface area contributed by atoms with Gasteiger partial charge in [0.2, 0.25) is 0 Å². The molecule has 3 aromatic rings. The summed E-state index contributed by atoms with van der Waals surface area (Å²) in [5.41, 5.74) is 0. The van der Waals surface area contributed by atoms with Gasteiger partial charge in [-0.05, 0) is 12.1 Å². The van der Waals surface area contributed by atoms with Crippen LogP contribution >= 0.6 is 11.3 Å². The van der Waals surface area contributed by atoms with E-state index in [0.29, 0.717) is 18.3 Å². The monoisotopic (exact) mass is 262 g/mol. The van der Waals surface area contributed by atoms with Gasteiger partial charge in [-0.15, -0.1) is 11.3 Å². The van der Waals surface area contributed by atoms with Crippen LogP contribution in [0.5, 0.6) is 0 Å². The Kier molecular flexibility index (Phi) is 2.91. The molecule has 0 aliphatic heterocycles. The number of thiophene rings is 1. The molecule has 0 aliphatic carbocycles. The van der Waals surface area contributed by atoms with Crippen LogP contribution in [0.4, 0.5) is 0 Å². The number of nitrogens with one attached hydrogen (secondary N) is 1. The second kappa shape index (κ2) is 4.71. The third kappa shape index (κ3) is 2.05. The molecule has 92 valence electrons. The number of hydrogen-bond acceptors (Lipinski definition) is 6. The summed E-state index contributed by atoms with van der Waals surface area (Å²) in [4.78, 5) is 13.4. The lowest BCUT2D eigenvalue weighted by molar-refractivity contribution is 0.174. The van der Waals surface area contributed by atoms with E-state index >= 15 is 0 Å². The minimum Gasteiger partial charge on any atom is -0.377 e. The Morgan fingerprint density at radius 2 is 2.28 bits per heavy atom. The first-order chi connectivity index (χ1) is 8.86. The van der Waals surface area contributed by atoms with Crippen molar-refractivity contribution in [3.8, 4) is 21.5 Å². The zero-order chi connectivity index (χ0) is 12.4. The summed E-state index contributed by atoms with van der Waals surface area (Å²) in [6, 6.07) is 3.91. The Morgan fingerprint density at radius 3 is 3.06 bits per heavy atom. The molecule has 6 nitrogen and oxygen atoms in total. The number of H-pyrrole nitrogens is 1. The van der Waals surface area contributed by atoms with Gasteiger partial charge in [0.15, 0.2) is 5.82 Å². The first kappa shape index (κ1) is 11.1. The van der Waals surface area contributed by atoms with E-state index in [9.17, 15) is 0 Å². The van der Waals surface area contributed by atoms with Crippen LogP contribution in [-0.2, 0) is 11.3 Å². The summed E-state index contributed by atoms with van der Waals surface area (Å²) in [7, 11) is 1.59. The Labute approximate surface area is 107 Å². The highest BCUT2D eigenvalue weighted by Gasteiger charge is 2.12. The van der Waals surface area contributed by atoms with Gasteiger partial charge in [-0.3, -0.25) is 0 Å². The Bertz CT molecular complexity index is 629. The van der Waals surface area contributed by atoms with Crippen LogP contribution in [0.15, 0.2) is 29.0 Å². The highest BCUT2D eigenvalue weighted by atomic mass is 32.1. The third-order valence-electron chi connectivity index (χ3n) is 2.29. The fraction of sp³-hybridized carbons (Fsp3) is 0.182. The van der Waals surface area contributed by atoms with E-state index in [-0.39, 0.29) is 0 Å². The van der Waals surface area contributed by atoms with Crippen molar-refractivity contribution in [2.45, 2.75) is 6.61 Å². The molecule has 0 unspecified atom stereocenters. The lowest BCUT2D eigenvalue weighted by atomic mass is 10.4. The molecule has 3 aromatic heterocycles. The lowest BCUT2D eigenvalue weighted by Crippen LogP contribution is -1.88. The number of rotatable bonds is 4. The largest absolute Gasteiger partial charge is 0.377 e. The van der Waals surface area contributed by atoms with Crippen molar-refractivity contribution in [2.24, 2.45) is 0 Å². The van der Waals surface area contributed by atoms with Crippen molar-refractivity contribution in [3.05, 3.63) is 30.4 Å². The number of imidazole rings is 1. The summed E-state index contributed by atoms with van der Waals surface area (Å²) >= 11 is 1.54. The van der Waals surface area contributed by atoms with Crippen molar-refractivity contribution in [1.29, 1.82) is 0 Å². The molecule has 18 heavy (non-hydrogen) atoms. The minimum atomic E-state index is 0.347. The van der Waals surface area contributed by atoms with Crippen LogP contribution in [0.2, 0.25) is 0 Å². The van der Waals surface area contributed by atoms with Crippen LogP contribution in [-0.4, -0.2) is 27.2 Å². The van der Waals surface area contributed by atoms with Gasteiger partial charge in [0.25, 0.3) is 5.89 Å². The molecule has 1 N–H and O–H groups in total. The predicted octanol–water partition coefficient (Wildman–Crippen LogP) is 2.33. The third-order valence-corrected chi connectivity index (χ3v) is 3.37. The highest BCUT2D eigenvalue weighted by Crippen LogP contribution is 2.31. The fourth-order valence-corrected chi connectivity index (χ4v) is 2.41. The zero-order valence-electron chi connectivity index (χ0n) is 9.58. The molecule has 0 aromatic carbocycles. The molecular weight excluding hydrogens is 252 g/mol. The summed E-state index contributed by atoms with van der Waals surface area (Å²) in [6.07, 6.45) is 3.51. The van der Waals surface area contributed by atoms with Gasteiger partial charge in [0.1, 0.15) is 12.4 Å². The molecule has 7 heteroatoms. The SMILES string of the molecule is COCc1noc(-c2ccc(-c3ncc[nH]3)s2)n1. The maximum absolute atomic E-state index is 5.17. The second-order valence-corrected chi connectivity index (χ2v) is 4.63. The van der Waals surface area contributed by atoms with E-state index in [4.69, 9.17) is 9.26 Å². The number of hydrogen-bond donors (Lipinski definition) is 1. The molecule has 0 spiro atoms. The fourth-order valence-electron chi connectivity index (χ4n) is 1.52. The molecular formula is C11H10N4O2S. The van der Waals surface area contributed by atoms with E-state index < -0.39 is 0 Å². The van der Waals surface area contributed by atoms with E-state index in [0.717, 1.165) is 15.6 Å². The first-order valence-electron chi connectivity index (χ1n) is 5.28. The van der Waals surface area contributed by atoms with E-state index in [1.807, 2.05) is 12.1 Å². The molecule has 3 heterocycles. The van der Waals surface area contributed by atoms with Crippen molar-refractivity contribution < 1.29 is 9.26 Å². The standard InChI is InChI=1S/C11H10N4O2S/c1-16-6-9-14-11(17-15-9)8-3-2-7(18-8)10-12-4-5-13-10/h2-5H,6H2,1H3,(H,12,13). The average Bonchev–Trinajstić information content (AvgIpc) is 3.10. The second-order valence-electron chi connectivity index (χ2n) is 3.55. The van der Waals surface area contributed by atoms with Gasteiger partial charge in [0, 0.05) is 19.5 Å². The van der Waals surface area contributed by atoms with Gasteiger partial charge in [-0.2, -0.15) is 4.98 Å². The van der Waals surface area contributed by atoms with Gasteiger partial charge >= 0.3 is 0 Å². The van der Waals surface area contributed by atoms with Gasteiger partial charge in [0.05, 0.1) is 9.75 Å². The Hall–Kier alpha value is -1.99. The van der Waals surface area contributed by atoms with Gasteiger partial charge in [-0.1, -0.05) is 5.16 Å². The topological polar surface area (TPSA) is 76.8 Å². The molecule has 0 saturated carbocycles. The molecule has 0 saturated heterocycles. The molecule has 0 aliphatic rings. The molecule has 0 atom stereocenters. The first-order valence-corrected chi connectivity index (χ1v) is 6.10. The predicted molar refractivity (Wildman–Crippen MR) is 65.9 cm³/mol. The number of aromatic nitrogens is 4. The zero-order valence-corrected chi connectivity index (χ0v) is 10.4. The lowest BCUT2D eigenvalue weighted by Gasteiger charge is -1.88. The van der Waals surface area contributed by atoms with Crippen molar-refractivity contribution in [3.63, 3.8) is 0 Å². The Balaban J connectivity index is 1.88. The molecule has 0 bridgehead atoms. The summed E-state index contributed by atoms with van der Waals surface area (Å²) in [5, 5.41) is 3.83. The van der Waals surface area contributed by atoms with Crippen molar-refractivity contribution in [1.82, 2.24) is 20.1 Å². The van der Waals surface area contributed by atoms with Crippen LogP contribution in [0.25, 0.3) is 21.5 Å². The summed E-state index contributed by atoms with van der Waals surface area (Å²) < 4.78 is 10.1. The molecule has 3 rings (SSSR count). The van der Waals surface area contributed by atoms with Crippen LogP contribution in [0.3, 0.4) is 0 Å².